The first-order valence-electron chi connectivity index (χ1n) is 5.45. The van der Waals surface area contributed by atoms with Crippen LogP contribution in [-0.2, 0) is 21.9 Å². The number of nitrogens with zero attached hydrogens (tertiary/aromatic N) is 2. The van der Waals surface area contributed by atoms with Gasteiger partial charge in [-0.2, -0.15) is 4.98 Å². The highest BCUT2D eigenvalue weighted by Gasteiger charge is 2.14. The number of aromatic nitrogens is 2. The van der Waals surface area contributed by atoms with Gasteiger partial charge in [0.05, 0.1) is 11.4 Å². The number of sulfonamides is 1. The lowest BCUT2D eigenvalue weighted by molar-refractivity contribution is 0.387. The van der Waals surface area contributed by atoms with Crippen LogP contribution in [0, 0.1) is 6.92 Å². The molecule has 0 fully saturated rings. The first-order chi connectivity index (χ1) is 9.01. The molecule has 0 bridgehead atoms. The van der Waals surface area contributed by atoms with Gasteiger partial charge in [0, 0.05) is 12.3 Å². The van der Waals surface area contributed by atoms with Gasteiger partial charge in [-0.05, 0) is 17.7 Å². The lowest BCUT2D eigenvalue weighted by Crippen LogP contribution is -2.23. The van der Waals surface area contributed by atoms with E-state index in [-0.39, 0.29) is 11.4 Å². The fraction of sp³-hybridized carbons (Fsp3) is 0.273. The van der Waals surface area contributed by atoms with Crippen molar-refractivity contribution < 1.29 is 12.9 Å². The molecule has 8 heteroatoms. The van der Waals surface area contributed by atoms with Crippen LogP contribution in [0.25, 0.3) is 0 Å². The zero-order valence-corrected chi connectivity index (χ0v) is 12.5. The third kappa shape index (κ3) is 3.62. The summed E-state index contributed by atoms with van der Waals surface area (Å²) in [5.41, 5.74) is 1.01. The van der Waals surface area contributed by atoms with Gasteiger partial charge in [0.1, 0.15) is 0 Å². The van der Waals surface area contributed by atoms with Crippen LogP contribution in [0.3, 0.4) is 0 Å². The van der Waals surface area contributed by atoms with Crippen molar-refractivity contribution in [3.05, 3.63) is 41.5 Å². The first kappa shape index (κ1) is 14.2. The lowest BCUT2D eigenvalue weighted by atomic mass is 10.2. The first-order valence-corrected chi connectivity index (χ1v) is 8.05. The Labute approximate surface area is 119 Å². The average Bonchev–Trinajstić information content (AvgIpc) is 2.82. The van der Waals surface area contributed by atoms with Crippen LogP contribution in [-0.4, -0.2) is 18.6 Å². The smallest absolute Gasteiger partial charge is 0.240 e. The summed E-state index contributed by atoms with van der Waals surface area (Å²) in [5.74, 6) is 0.703. The Balaban J connectivity index is 2.09. The molecule has 0 aliphatic carbocycles. The van der Waals surface area contributed by atoms with E-state index in [1.165, 1.54) is 0 Å². The Hall–Kier alpha value is -1.25. The maximum absolute atomic E-state index is 12.0. The van der Waals surface area contributed by atoms with E-state index in [1.807, 2.05) is 0 Å². The molecule has 0 spiro atoms. The molecular formula is C11H12BrN3O3S. The minimum Gasteiger partial charge on any atom is -0.340 e. The van der Waals surface area contributed by atoms with Crippen molar-refractivity contribution in [2.24, 2.45) is 0 Å². The zero-order valence-electron chi connectivity index (χ0n) is 10.1. The van der Waals surface area contributed by atoms with E-state index in [2.05, 4.69) is 30.8 Å². The molecule has 0 amide bonds. The van der Waals surface area contributed by atoms with Crippen molar-refractivity contribution in [3.8, 4) is 0 Å². The molecule has 0 unspecified atom stereocenters. The molecule has 1 aromatic heterocycles. The Kier molecular flexibility index (Phi) is 4.33. The van der Waals surface area contributed by atoms with E-state index in [1.54, 1.807) is 31.2 Å². The van der Waals surface area contributed by atoms with Crippen LogP contribution in [0.5, 0.6) is 0 Å². The second-order valence-electron chi connectivity index (χ2n) is 3.83. The highest BCUT2D eigenvalue weighted by atomic mass is 79.9. The van der Waals surface area contributed by atoms with Crippen LogP contribution < -0.4 is 4.72 Å². The van der Waals surface area contributed by atoms with Crippen molar-refractivity contribution in [1.29, 1.82) is 0 Å². The number of aryl methyl sites for hydroxylation is 1. The van der Waals surface area contributed by atoms with Gasteiger partial charge in [0.15, 0.2) is 5.82 Å². The topological polar surface area (TPSA) is 85.1 Å². The maximum atomic E-state index is 12.0. The van der Waals surface area contributed by atoms with Gasteiger partial charge < -0.3 is 4.52 Å². The van der Waals surface area contributed by atoms with E-state index in [9.17, 15) is 8.42 Å². The molecule has 1 N–H and O–H groups in total. The standard InChI is InChI=1S/C11H12BrN3O3S/c1-8-14-11(15-18-8)7-13-19(16,17)10-4-2-9(6-12)3-5-10/h2-5,13H,6-7H2,1H3. The molecule has 2 aromatic rings. The number of hydrogen-bond donors (Lipinski definition) is 1. The second-order valence-corrected chi connectivity index (χ2v) is 6.16. The Morgan fingerprint density at radius 2 is 2.00 bits per heavy atom. The molecule has 19 heavy (non-hydrogen) atoms. The van der Waals surface area contributed by atoms with E-state index in [0.717, 1.165) is 5.56 Å². The molecule has 6 nitrogen and oxygen atoms in total. The minimum atomic E-state index is -3.56. The van der Waals surface area contributed by atoms with Crippen LogP contribution in [0.15, 0.2) is 33.7 Å². The van der Waals surface area contributed by atoms with Crippen molar-refractivity contribution in [2.75, 3.05) is 0 Å². The number of nitrogens with one attached hydrogen (secondary N) is 1. The van der Waals surface area contributed by atoms with Gasteiger partial charge in [-0.15, -0.1) is 0 Å². The number of halogens is 1. The third-order valence-electron chi connectivity index (χ3n) is 2.38. The van der Waals surface area contributed by atoms with E-state index in [0.29, 0.717) is 17.0 Å². The van der Waals surface area contributed by atoms with E-state index < -0.39 is 10.0 Å². The summed E-state index contributed by atoms with van der Waals surface area (Å²) in [4.78, 5) is 4.13. The fourth-order valence-electron chi connectivity index (χ4n) is 1.41. The molecular weight excluding hydrogens is 334 g/mol. The number of hydrogen-bond acceptors (Lipinski definition) is 5. The summed E-state index contributed by atoms with van der Waals surface area (Å²) in [6.45, 7) is 1.64. The molecule has 0 aliphatic rings. The summed E-state index contributed by atoms with van der Waals surface area (Å²) < 4.78 is 31.2. The van der Waals surface area contributed by atoms with Crippen LogP contribution >= 0.6 is 15.9 Å². The highest BCUT2D eigenvalue weighted by Crippen LogP contribution is 2.12. The summed E-state index contributed by atoms with van der Waals surface area (Å²) in [6.07, 6.45) is 0. The number of alkyl halides is 1. The molecule has 0 radical (unpaired) electrons. The molecule has 0 atom stereocenters. The van der Waals surface area contributed by atoms with Crippen LogP contribution in [0.4, 0.5) is 0 Å². The van der Waals surface area contributed by atoms with Crippen molar-refractivity contribution in [1.82, 2.24) is 14.9 Å². The predicted octanol–water partition coefficient (Wildman–Crippen LogP) is 1.75. The van der Waals surface area contributed by atoms with E-state index >= 15 is 0 Å². The quantitative estimate of drug-likeness (QED) is 0.834. The average molecular weight is 346 g/mol. The molecule has 102 valence electrons. The zero-order chi connectivity index (χ0) is 13.9. The predicted molar refractivity (Wildman–Crippen MR) is 72.1 cm³/mol. The number of rotatable bonds is 5. The Morgan fingerprint density at radius 3 is 2.53 bits per heavy atom. The van der Waals surface area contributed by atoms with Gasteiger partial charge in [-0.1, -0.05) is 33.2 Å². The molecule has 0 saturated carbocycles. The monoisotopic (exact) mass is 345 g/mol. The highest BCUT2D eigenvalue weighted by molar-refractivity contribution is 9.08. The lowest BCUT2D eigenvalue weighted by Gasteiger charge is -2.05. The summed E-state index contributed by atoms with van der Waals surface area (Å²) in [7, 11) is -3.56. The normalized spacial score (nSPS) is 11.7. The van der Waals surface area contributed by atoms with Crippen molar-refractivity contribution >= 4 is 26.0 Å². The molecule has 1 aromatic carbocycles. The molecule has 1 heterocycles. The largest absolute Gasteiger partial charge is 0.340 e. The van der Waals surface area contributed by atoms with Crippen LogP contribution in [0.1, 0.15) is 17.3 Å². The van der Waals surface area contributed by atoms with Gasteiger partial charge in [0.2, 0.25) is 15.9 Å². The van der Waals surface area contributed by atoms with Crippen LogP contribution in [0.2, 0.25) is 0 Å². The van der Waals surface area contributed by atoms with Gasteiger partial charge in [-0.3, -0.25) is 0 Å². The fourth-order valence-corrected chi connectivity index (χ4v) is 2.77. The van der Waals surface area contributed by atoms with Gasteiger partial charge >= 0.3 is 0 Å². The molecule has 0 saturated heterocycles. The van der Waals surface area contributed by atoms with Crippen molar-refractivity contribution in [2.45, 2.75) is 23.7 Å². The summed E-state index contributed by atoms with van der Waals surface area (Å²) in [6, 6.07) is 6.62. The van der Waals surface area contributed by atoms with E-state index in [4.69, 9.17) is 4.52 Å². The SMILES string of the molecule is Cc1nc(CNS(=O)(=O)c2ccc(CBr)cc2)no1. The Bertz CT molecular complexity index is 652. The van der Waals surface area contributed by atoms with Crippen molar-refractivity contribution in [3.63, 3.8) is 0 Å². The number of benzene rings is 1. The maximum Gasteiger partial charge on any atom is 0.240 e. The third-order valence-corrected chi connectivity index (χ3v) is 4.44. The minimum absolute atomic E-state index is 0.000130. The second kappa shape index (κ2) is 5.81. The van der Waals surface area contributed by atoms with Gasteiger partial charge in [-0.25, -0.2) is 13.1 Å². The summed E-state index contributed by atoms with van der Waals surface area (Å²) >= 11 is 3.30. The Morgan fingerprint density at radius 1 is 1.32 bits per heavy atom. The van der Waals surface area contributed by atoms with Gasteiger partial charge in [0.25, 0.3) is 0 Å². The summed E-state index contributed by atoms with van der Waals surface area (Å²) in [5, 5.41) is 4.30. The molecule has 0 aliphatic heterocycles. The molecule has 2 rings (SSSR count).